The normalized spacial score (nSPS) is 21.5. The first-order valence-electron chi connectivity index (χ1n) is 6.95. The van der Waals surface area contributed by atoms with Gasteiger partial charge in [-0.25, -0.2) is 0 Å². The van der Waals surface area contributed by atoms with Crippen molar-refractivity contribution >= 4 is 11.9 Å². The van der Waals surface area contributed by atoms with E-state index in [-0.39, 0.29) is 24.6 Å². The van der Waals surface area contributed by atoms with Crippen molar-refractivity contribution in [2.45, 2.75) is 31.2 Å². The topological polar surface area (TPSA) is 66.8 Å². The van der Waals surface area contributed by atoms with Crippen LogP contribution in [-0.4, -0.2) is 47.7 Å². The van der Waals surface area contributed by atoms with Crippen molar-refractivity contribution in [2.24, 2.45) is 0 Å². The van der Waals surface area contributed by atoms with Crippen LogP contribution >= 0.6 is 0 Å². The SMILES string of the molecule is COC1CC(CC(=O)O)N(C(=O)c2cccc(C(F)(F)F)c2)C1. The number of amides is 1. The lowest BCUT2D eigenvalue weighted by atomic mass is 10.1. The Morgan fingerprint density at radius 2 is 2.09 bits per heavy atom. The van der Waals surface area contributed by atoms with Gasteiger partial charge < -0.3 is 14.7 Å². The molecule has 1 aliphatic heterocycles. The molecule has 0 bridgehead atoms. The van der Waals surface area contributed by atoms with E-state index in [2.05, 4.69) is 0 Å². The first-order chi connectivity index (χ1) is 10.7. The van der Waals surface area contributed by atoms with Crippen LogP contribution in [0.15, 0.2) is 24.3 Å². The minimum absolute atomic E-state index is 0.119. The smallest absolute Gasteiger partial charge is 0.416 e. The van der Waals surface area contributed by atoms with Gasteiger partial charge in [0.1, 0.15) is 0 Å². The lowest BCUT2D eigenvalue weighted by molar-refractivity contribution is -0.138. The van der Waals surface area contributed by atoms with E-state index in [1.165, 1.54) is 18.1 Å². The van der Waals surface area contributed by atoms with E-state index < -0.39 is 29.7 Å². The molecule has 2 unspecified atom stereocenters. The van der Waals surface area contributed by atoms with Crippen molar-refractivity contribution in [3.63, 3.8) is 0 Å². The van der Waals surface area contributed by atoms with Crippen LogP contribution in [0, 0.1) is 0 Å². The molecule has 1 aromatic carbocycles. The summed E-state index contributed by atoms with van der Waals surface area (Å²) >= 11 is 0. The average Bonchev–Trinajstić information content (AvgIpc) is 2.88. The Hall–Kier alpha value is -2.09. The van der Waals surface area contributed by atoms with Crippen LogP contribution in [0.25, 0.3) is 0 Å². The number of hydrogen-bond donors (Lipinski definition) is 1. The lowest BCUT2D eigenvalue weighted by Crippen LogP contribution is -2.37. The monoisotopic (exact) mass is 331 g/mol. The fourth-order valence-corrected chi connectivity index (χ4v) is 2.68. The summed E-state index contributed by atoms with van der Waals surface area (Å²) in [5, 5.41) is 8.93. The Morgan fingerprint density at radius 3 is 2.65 bits per heavy atom. The van der Waals surface area contributed by atoms with E-state index in [4.69, 9.17) is 9.84 Å². The summed E-state index contributed by atoms with van der Waals surface area (Å²) in [6.45, 7) is 0.156. The van der Waals surface area contributed by atoms with Gasteiger partial charge in [0.25, 0.3) is 5.91 Å². The summed E-state index contributed by atoms with van der Waals surface area (Å²) in [5.74, 6) is -1.70. The molecule has 0 aliphatic carbocycles. The number of ether oxygens (including phenoxy) is 1. The van der Waals surface area contributed by atoms with Crippen molar-refractivity contribution in [1.82, 2.24) is 4.90 Å². The number of hydrogen-bond acceptors (Lipinski definition) is 3. The van der Waals surface area contributed by atoms with Gasteiger partial charge in [0.15, 0.2) is 0 Å². The zero-order valence-corrected chi connectivity index (χ0v) is 12.3. The van der Waals surface area contributed by atoms with Crippen LogP contribution in [0.1, 0.15) is 28.8 Å². The van der Waals surface area contributed by atoms with E-state index in [9.17, 15) is 22.8 Å². The van der Waals surface area contributed by atoms with Gasteiger partial charge in [-0.3, -0.25) is 9.59 Å². The summed E-state index contributed by atoms with van der Waals surface area (Å²) in [5.41, 5.74) is -1.03. The van der Waals surface area contributed by atoms with E-state index >= 15 is 0 Å². The zero-order chi connectivity index (χ0) is 17.2. The molecule has 8 heteroatoms. The quantitative estimate of drug-likeness (QED) is 0.920. The number of halogens is 3. The van der Waals surface area contributed by atoms with Gasteiger partial charge in [0, 0.05) is 25.3 Å². The number of rotatable bonds is 4. The van der Waals surface area contributed by atoms with Gasteiger partial charge >= 0.3 is 12.1 Å². The molecule has 2 atom stereocenters. The number of alkyl halides is 3. The Kier molecular flexibility index (Phi) is 4.93. The molecule has 1 fully saturated rings. The first-order valence-corrected chi connectivity index (χ1v) is 6.95. The van der Waals surface area contributed by atoms with Crippen LogP contribution < -0.4 is 0 Å². The second kappa shape index (κ2) is 6.57. The average molecular weight is 331 g/mol. The third-order valence-corrected chi connectivity index (χ3v) is 3.82. The second-order valence-corrected chi connectivity index (χ2v) is 5.38. The van der Waals surface area contributed by atoms with Crippen LogP contribution in [0.2, 0.25) is 0 Å². The molecule has 1 N–H and O–H groups in total. The lowest BCUT2D eigenvalue weighted by Gasteiger charge is -2.23. The first kappa shape index (κ1) is 17.3. The van der Waals surface area contributed by atoms with E-state index in [1.807, 2.05) is 0 Å². The highest BCUT2D eigenvalue weighted by Crippen LogP contribution is 2.31. The number of aliphatic carboxylic acids is 1. The van der Waals surface area contributed by atoms with Crippen molar-refractivity contribution < 1.29 is 32.6 Å². The van der Waals surface area contributed by atoms with Gasteiger partial charge in [-0.15, -0.1) is 0 Å². The fourth-order valence-electron chi connectivity index (χ4n) is 2.68. The highest BCUT2D eigenvalue weighted by atomic mass is 19.4. The number of benzene rings is 1. The highest BCUT2D eigenvalue weighted by molar-refractivity contribution is 5.95. The molecule has 5 nitrogen and oxygen atoms in total. The largest absolute Gasteiger partial charge is 0.481 e. The standard InChI is InChI=1S/C15H16F3NO4/c1-23-12-6-11(7-13(20)21)19(8-12)14(22)9-3-2-4-10(5-9)15(16,17)18/h2-5,11-12H,6-8H2,1H3,(H,20,21). The number of nitrogens with zero attached hydrogens (tertiary/aromatic N) is 1. The Bertz CT molecular complexity index is 603. The maximum absolute atomic E-state index is 12.8. The van der Waals surface area contributed by atoms with Crippen molar-refractivity contribution in [1.29, 1.82) is 0 Å². The van der Waals surface area contributed by atoms with Crippen LogP contribution in [0.3, 0.4) is 0 Å². The molecule has 1 aliphatic rings. The number of methoxy groups -OCH3 is 1. The van der Waals surface area contributed by atoms with Gasteiger partial charge in [-0.1, -0.05) is 6.07 Å². The molecule has 1 heterocycles. The van der Waals surface area contributed by atoms with Gasteiger partial charge in [-0.2, -0.15) is 13.2 Å². The molecule has 0 aromatic heterocycles. The predicted molar refractivity (Wildman–Crippen MR) is 73.9 cm³/mol. The summed E-state index contributed by atoms with van der Waals surface area (Å²) in [6.07, 6.45) is -4.80. The molecule has 1 saturated heterocycles. The van der Waals surface area contributed by atoms with Gasteiger partial charge in [0.2, 0.25) is 0 Å². The summed E-state index contributed by atoms with van der Waals surface area (Å²) in [4.78, 5) is 24.7. The van der Waals surface area contributed by atoms with E-state index in [1.54, 1.807) is 0 Å². The summed E-state index contributed by atoms with van der Waals surface area (Å²) in [7, 11) is 1.45. The third-order valence-electron chi connectivity index (χ3n) is 3.82. The molecule has 126 valence electrons. The molecule has 1 aromatic rings. The number of carbonyl (C=O) groups excluding carboxylic acids is 1. The number of carbonyl (C=O) groups is 2. The van der Waals surface area contributed by atoms with Crippen molar-refractivity contribution in [2.75, 3.05) is 13.7 Å². The molecule has 0 saturated carbocycles. The maximum atomic E-state index is 12.8. The summed E-state index contributed by atoms with van der Waals surface area (Å²) < 4.78 is 43.4. The highest BCUT2D eigenvalue weighted by Gasteiger charge is 2.38. The number of carboxylic acid groups (broad SMARTS) is 1. The van der Waals surface area contributed by atoms with Gasteiger partial charge in [-0.05, 0) is 24.6 Å². The fraction of sp³-hybridized carbons (Fsp3) is 0.467. The maximum Gasteiger partial charge on any atom is 0.416 e. The predicted octanol–water partition coefficient (Wildman–Crippen LogP) is 2.41. The van der Waals surface area contributed by atoms with E-state index in [0.29, 0.717) is 6.42 Å². The van der Waals surface area contributed by atoms with Crippen LogP contribution in [0.4, 0.5) is 13.2 Å². The Balaban J connectivity index is 2.25. The van der Waals surface area contributed by atoms with E-state index in [0.717, 1.165) is 18.2 Å². The molecule has 2 rings (SSSR count). The minimum Gasteiger partial charge on any atom is -0.481 e. The Labute approximate surface area is 130 Å². The zero-order valence-electron chi connectivity index (χ0n) is 12.3. The van der Waals surface area contributed by atoms with Crippen LogP contribution in [-0.2, 0) is 15.7 Å². The second-order valence-electron chi connectivity index (χ2n) is 5.38. The molecule has 0 radical (unpaired) electrons. The molecular formula is C15H16F3NO4. The molecule has 1 amide bonds. The Morgan fingerprint density at radius 1 is 1.39 bits per heavy atom. The minimum atomic E-state index is -4.54. The number of carboxylic acids is 1. The van der Waals surface area contributed by atoms with Crippen LogP contribution in [0.5, 0.6) is 0 Å². The summed E-state index contributed by atoms with van der Waals surface area (Å²) in [6, 6.07) is 3.51. The van der Waals surface area contributed by atoms with Crippen molar-refractivity contribution in [3.05, 3.63) is 35.4 Å². The molecule has 23 heavy (non-hydrogen) atoms. The molecular weight excluding hydrogens is 315 g/mol. The van der Waals surface area contributed by atoms with Gasteiger partial charge in [0.05, 0.1) is 18.1 Å². The molecule has 0 spiro atoms. The number of likely N-dealkylation sites (tertiary alicyclic amines) is 1. The third kappa shape index (κ3) is 4.01. The van der Waals surface area contributed by atoms with Crippen molar-refractivity contribution in [3.8, 4) is 0 Å².